The third kappa shape index (κ3) is 4.03. The van der Waals surface area contributed by atoms with E-state index < -0.39 is 5.91 Å². The highest BCUT2D eigenvalue weighted by Gasteiger charge is 2.18. The SMILES string of the molecule is COc1cc(C(=O)NNC(=O)Cc2coc3c(C)c(C)ccc23)cc(OC)c1OC. The summed E-state index contributed by atoms with van der Waals surface area (Å²) in [4.78, 5) is 24.8. The Labute approximate surface area is 174 Å². The highest BCUT2D eigenvalue weighted by molar-refractivity contribution is 5.97. The van der Waals surface area contributed by atoms with Gasteiger partial charge < -0.3 is 18.6 Å². The standard InChI is InChI=1S/C22H24N2O6/c1-12-6-7-16-15(11-30-20(16)13(12)2)10-19(25)23-24-22(26)14-8-17(27-3)21(29-5)18(9-14)28-4/h6-9,11H,10H2,1-5H3,(H,23,25)(H,24,26). The molecule has 0 atom stereocenters. The number of fused-ring (bicyclic) bond motifs is 1. The van der Waals surface area contributed by atoms with Gasteiger partial charge >= 0.3 is 0 Å². The fourth-order valence-corrected chi connectivity index (χ4v) is 3.15. The zero-order valence-electron chi connectivity index (χ0n) is 17.5. The number of methoxy groups -OCH3 is 3. The largest absolute Gasteiger partial charge is 0.493 e. The molecular formula is C22H24N2O6. The molecule has 1 heterocycles. The Kier molecular flexibility index (Phi) is 6.15. The van der Waals surface area contributed by atoms with E-state index in [0.717, 1.165) is 27.7 Å². The number of carbonyl (C=O) groups is 2. The van der Waals surface area contributed by atoms with Crippen LogP contribution >= 0.6 is 0 Å². The number of nitrogens with one attached hydrogen (secondary N) is 2. The first-order chi connectivity index (χ1) is 14.4. The van der Waals surface area contributed by atoms with E-state index in [1.165, 1.54) is 33.5 Å². The van der Waals surface area contributed by atoms with Crippen molar-refractivity contribution in [2.24, 2.45) is 0 Å². The average Bonchev–Trinajstić information content (AvgIpc) is 3.16. The van der Waals surface area contributed by atoms with Crippen LogP contribution in [0.2, 0.25) is 0 Å². The molecule has 0 aliphatic rings. The van der Waals surface area contributed by atoms with Crippen molar-refractivity contribution in [3.8, 4) is 17.2 Å². The lowest BCUT2D eigenvalue weighted by Crippen LogP contribution is -2.42. The highest BCUT2D eigenvalue weighted by Crippen LogP contribution is 2.38. The van der Waals surface area contributed by atoms with Crippen LogP contribution in [-0.2, 0) is 11.2 Å². The van der Waals surface area contributed by atoms with Gasteiger partial charge in [0, 0.05) is 16.5 Å². The zero-order chi connectivity index (χ0) is 21.8. The summed E-state index contributed by atoms with van der Waals surface area (Å²) < 4.78 is 21.3. The number of carbonyl (C=O) groups excluding carboxylic acids is 2. The van der Waals surface area contributed by atoms with Crippen LogP contribution in [0, 0.1) is 13.8 Å². The maximum absolute atomic E-state index is 12.5. The smallest absolute Gasteiger partial charge is 0.269 e. The molecule has 2 aromatic carbocycles. The maximum Gasteiger partial charge on any atom is 0.269 e. The first kappa shape index (κ1) is 21.0. The number of ether oxygens (including phenoxy) is 3. The summed E-state index contributed by atoms with van der Waals surface area (Å²) >= 11 is 0. The molecule has 8 nitrogen and oxygen atoms in total. The van der Waals surface area contributed by atoms with Crippen molar-refractivity contribution in [3.05, 3.63) is 52.8 Å². The van der Waals surface area contributed by atoms with Crippen LogP contribution in [0.1, 0.15) is 27.0 Å². The fraction of sp³-hybridized carbons (Fsp3) is 0.273. The summed E-state index contributed by atoms with van der Waals surface area (Å²) in [6.07, 6.45) is 1.63. The monoisotopic (exact) mass is 412 g/mol. The molecule has 1 aromatic heterocycles. The molecule has 0 aliphatic heterocycles. The zero-order valence-corrected chi connectivity index (χ0v) is 17.5. The molecule has 3 aromatic rings. The van der Waals surface area contributed by atoms with Crippen molar-refractivity contribution in [2.75, 3.05) is 21.3 Å². The van der Waals surface area contributed by atoms with Crippen molar-refractivity contribution in [1.29, 1.82) is 0 Å². The molecule has 0 unspecified atom stereocenters. The van der Waals surface area contributed by atoms with E-state index in [-0.39, 0.29) is 17.9 Å². The van der Waals surface area contributed by atoms with Crippen molar-refractivity contribution >= 4 is 22.8 Å². The molecule has 3 rings (SSSR count). The van der Waals surface area contributed by atoms with Gasteiger partial charge in [-0.2, -0.15) is 0 Å². The van der Waals surface area contributed by atoms with E-state index in [1.807, 2.05) is 26.0 Å². The number of amides is 2. The normalized spacial score (nSPS) is 10.6. The molecule has 0 aliphatic carbocycles. The first-order valence-corrected chi connectivity index (χ1v) is 9.25. The first-order valence-electron chi connectivity index (χ1n) is 9.25. The molecule has 30 heavy (non-hydrogen) atoms. The van der Waals surface area contributed by atoms with Crippen LogP contribution in [0.25, 0.3) is 11.0 Å². The molecule has 0 saturated carbocycles. The summed E-state index contributed by atoms with van der Waals surface area (Å²) in [5.74, 6) is 0.147. The van der Waals surface area contributed by atoms with E-state index in [4.69, 9.17) is 18.6 Å². The number of hydrogen-bond acceptors (Lipinski definition) is 6. The van der Waals surface area contributed by atoms with Crippen LogP contribution in [0.15, 0.2) is 34.9 Å². The Morgan fingerprint density at radius 1 is 0.967 bits per heavy atom. The summed E-state index contributed by atoms with van der Waals surface area (Å²) in [5, 5.41) is 0.879. The molecule has 0 fully saturated rings. The number of rotatable bonds is 6. The quantitative estimate of drug-likeness (QED) is 0.604. The number of hydrogen-bond donors (Lipinski definition) is 2. The molecule has 2 N–H and O–H groups in total. The summed E-state index contributed by atoms with van der Waals surface area (Å²) in [5.41, 5.74) is 8.72. The number of furan rings is 1. The van der Waals surface area contributed by atoms with E-state index in [2.05, 4.69) is 10.9 Å². The van der Waals surface area contributed by atoms with Crippen molar-refractivity contribution in [2.45, 2.75) is 20.3 Å². The van der Waals surface area contributed by atoms with Crippen LogP contribution in [0.5, 0.6) is 17.2 Å². The second kappa shape index (κ2) is 8.77. The number of hydrazine groups is 1. The van der Waals surface area contributed by atoms with Crippen LogP contribution in [-0.4, -0.2) is 33.1 Å². The fourth-order valence-electron chi connectivity index (χ4n) is 3.15. The van der Waals surface area contributed by atoms with Gasteiger partial charge in [0.1, 0.15) is 5.58 Å². The summed E-state index contributed by atoms with van der Waals surface area (Å²) in [7, 11) is 4.39. The maximum atomic E-state index is 12.5. The van der Waals surface area contributed by atoms with E-state index in [0.29, 0.717) is 17.2 Å². The highest BCUT2D eigenvalue weighted by atomic mass is 16.5. The van der Waals surface area contributed by atoms with Gasteiger partial charge in [0.25, 0.3) is 5.91 Å². The lowest BCUT2D eigenvalue weighted by atomic mass is 10.0. The van der Waals surface area contributed by atoms with Crippen LogP contribution in [0.4, 0.5) is 0 Å². The van der Waals surface area contributed by atoms with E-state index in [9.17, 15) is 9.59 Å². The second-order valence-electron chi connectivity index (χ2n) is 6.74. The minimum absolute atomic E-state index is 0.0606. The summed E-state index contributed by atoms with van der Waals surface area (Å²) in [6.45, 7) is 3.98. The van der Waals surface area contributed by atoms with E-state index in [1.54, 1.807) is 6.26 Å². The van der Waals surface area contributed by atoms with Crippen molar-refractivity contribution in [3.63, 3.8) is 0 Å². The van der Waals surface area contributed by atoms with E-state index >= 15 is 0 Å². The van der Waals surface area contributed by atoms with Gasteiger partial charge in [0.15, 0.2) is 11.5 Å². The molecule has 158 valence electrons. The second-order valence-corrected chi connectivity index (χ2v) is 6.74. The predicted octanol–water partition coefficient (Wildman–Crippen LogP) is 3.08. The molecular weight excluding hydrogens is 388 g/mol. The Balaban J connectivity index is 1.69. The van der Waals surface area contributed by atoms with Crippen LogP contribution < -0.4 is 25.1 Å². The van der Waals surface area contributed by atoms with Gasteiger partial charge in [-0.3, -0.25) is 20.4 Å². The van der Waals surface area contributed by atoms with Gasteiger partial charge in [-0.25, -0.2) is 0 Å². The molecule has 0 spiro atoms. The van der Waals surface area contributed by atoms with Crippen LogP contribution in [0.3, 0.4) is 0 Å². The van der Waals surface area contributed by atoms with Gasteiger partial charge in [-0.15, -0.1) is 0 Å². The predicted molar refractivity (Wildman–Crippen MR) is 111 cm³/mol. The van der Waals surface area contributed by atoms with Gasteiger partial charge in [-0.05, 0) is 37.1 Å². The Morgan fingerprint density at radius 2 is 1.63 bits per heavy atom. The van der Waals surface area contributed by atoms with Crippen molar-refractivity contribution < 1.29 is 28.2 Å². The van der Waals surface area contributed by atoms with Gasteiger partial charge in [0.05, 0.1) is 34.0 Å². The molecule has 0 bridgehead atoms. The van der Waals surface area contributed by atoms with Crippen molar-refractivity contribution in [1.82, 2.24) is 10.9 Å². The summed E-state index contributed by atoms with van der Waals surface area (Å²) in [6, 6.07) is 6.91. The minimum Gasteiger partial charge on any atom is -0.493 e. The third-order valence-electron chi connectivity index (χ3n) is 4.94. The lowest BCUT2D eigenvalue weighted by molar-refractivity contribution is -0.121. The number of benzene rings is 2. The number of aryl methyl sites for hydroxylation is 2. The molecule has 0 radical (unpaired) electrons. The van der Waals surface area contributed by atoms with Gasteiger partial charge in [-0.1, -0.05) is 12.1 Å². The third-order valence-corrected chi connectivity index (χ3v) is 4.94. The molecule has 0 saturated heterocycles. The Bertz CT molecular complexity index is 1080. The lowest BCUT2D eigenvalue weighted by Gasteiger charge is -2.14. The molecule has 8 heteroatoms. The molecule has 2 amide bonds. The van der Waals surface area contributed by atoms with Gasteiger partial charge in [0.2, 0.25) is 11.7 Å². The Hall–Kier alpha value is -3.68. The minimum atomic E-state index is -0.522. The topological polar surface area (TPSA) is 99.0 Å². The average molecular weight is 412 g/mol. The Morgan fingerprint density at radius 3 is 2.23 bits per heavy atom.